The van der Waals surface area contributed by atoms with Crippen molar-refractivity contribution in [1.82, 2.24) is 4.90 Å². The van der Waals surface area contributed by atoms with Crippen LogP contribution in [0, 0.1) is 0 Å². The average molecular weight is 197 g/mol. The molecule has 6 heteroatoms. The molecule has 0 bridgehead atoms. The van der Waals surface area contributed by atoms with Crippen molar-refractivity contribution in [3.05, 3.63) is 0 Å². The Morgan fingerprint density at radius 3 is 2.25 bits per heavy atom. The Bertz CT molecular complexity index is 200. The molecule has 0 atom stereocenters. The molecule has 0 amide bonds. The molecule has 0 spiro atoms. The van der Waals surface area contributed by atoms with E-state index in [0.29, 0.717) is 6.54 Å². The largest absolute Gasteiger partial charge is 0.399 e. The summed E-state index contributed by atoms with van der Waals surface area (Å²) >= 11 is 0. The highest BCUT2D eigenvalue weighted by atomic mass is 32.3. The molecule has 74 valence electrons. The lowest BCUT2D eigenvalue weighted by molar-refractivity contribution is 0.204. The maximum atomic E-state index is 10.7. The minimum Gasteiger partial charge on any atom is -0.307 e. The first kappa shape index (κ1) is 11.8. The van der Waals surface area contributed by atoms with Gasteiger partial charge in [0.05, 0.1) is 13.2 Å². The van der Waals surface area contributed by atoms with Crippen LogP contribution in [0.4, 0.5) is 0 Å². The predicted octanol–water partition coefficient (Wildman–Crippen LogP) is -0.154. The molecular weight excluding hydrogens is 182 g/mol. The Hall–Kier alpha value is -0.170. The van der Waals surface area contributed by atoms with Crippen molar-refractivity contribution in [3.63, 3.8) is 0 Å². The number of hydrogen-bond acceptors (Lipinski definition) is 5. The van der Waals surface area contributed by atoms with Crippen LogP contribution >= 0.6 is 0 Å². The molecule has 0 aromatic heterocycles. The van der Waals surface area contributed by atoms with Crippen LogP contribution in [0.3, 0.4) is 0 Å². The molecule has 5 nitrogen and oxygen atoms in total. The van der Waals surface area contributed by atoms with E-state index in [0.717, 1.165) is 0 Å². The monoisotopic (exact) mass is 197 g/mol. The minimum absolute atomic E-state index is 0.101. The summed E-state index contributed by atoms with van der Waals surface area (Å²) in [6.07, 6.45) is 0. The summed E-state index contributed by atoms with van der Waals surface area (Å²) in [6.45, 7) is 2.36. The number of rotatable bonds is 6. The van der Waals surface area contributed by atoms with Crippen LogP contribution in [0.2, 0.25) is 0 Å². The first-order chi connectivity index (χ1) is 5.48. The van der Waals surface area contributed by atoms with Gasteiger partial charge in [-0.15, -0.1) is 0 Å². The molecule has 0 N–H and O–H groups in total. The zero-order valence-electron chi connectivity index (χ0n) is 7.61. The second kappa shape index (κ2) is 5.47. The van der Waals surface area contributed by atoms with Crippen molar-refractivity contribution in [1.29, 1.82) is 0 Å². The van der Waals surface area contributed by atoms with Crippen LogP contribution < -0.4 is 0 Å². The summed E-state index contributed by atoms with van der Waals surface area (Å²) in [5.74, 6) is 0. The van der Waals surface area contributed by atoms with E-state index in [-0.39, 0.29) is 13.2 Å². The fraction of sp³-hybridized carbons (Fsp3) is 1.00. The number of hydrogen-bond donors (Lipinski definition) is 0. The summed E-state index contributed by atoms with van der Waals surface area (Å²) < 4.78 is 30.3. The molecule has 0 saturated carbocycles. The fourth-order valence-corrected chi connectivity index (χ4v) is 1.14. The Morgan fingerprint density at radius 1 is 1.25 bits per heavy atom. The molecule has 0 saturated heterocycles. The van der Waals surface area contributed by atoms with Crippen LogP contribution in [-0.2, 0) is 18.8 Å². The normalized spacial score (nSPS) is 12.3. The lowest BCUT2D eigenvalue weighted by Crippen LogP contribution is -2.21. The Kier molecular flexibility index (Phi) is 5.39. The van der Waals surface area contributed by atoms with Gasteiger partial charge in [0.25, 0.3) is 0 Å². The van der Waals surface area contributed by atoms with Crippen LogP contribution in [-0.4, -0.2) is 47.2 Å². The van der Waals surface area contributed by atoms with E-state index in [1.165, 1.54) is 0 Å². The third-order valence-electron chi connectivity index (χ3n) is 1.03. The van der Waals surface area contributed by atoms with Crippen LogP contribution in [0.5, 0.6) is 0 Å². The lowest BCUT2D eigenvalue weighted by Gasteiger charge is -2.08. The maximum absolute atomic E-state index is 10.7. The Morgan fingerprint density at radius 2 is 1.83 bits per heavy atom. The van der Waals surface area contributed by atoms with Crippen molar-refractivity contribution in [2.45, 2.75) is 6.92 Å². The molecule has 0 heterocycles. The van der Waals surface area contributed by atoms with E-state index in [1.54, 1.807) is 6.92 Å². The summed E-state index contributed by atoms with van der Waals surface area (Å²) in [7, 11) is -0.0939. The minimum atomic E-state index is -3.75. The maximum Gasteiger partial charge on any atom is 0.399 e. The lowest BCUT2D eigenvalue weighted by atomic mass is 10.6. The summed E-state index contributed by atoms with van der Waals surface area (Å²) in [5.41, 5.74) is 0. The van der Waals surface area contributed by atoms with Gasteiger partial charge in [-0.25, -0.2) is 8.37 Å². The van der Waals surface area contributed by atoms with Crippen LogP contribution in [0.15, 0.2) is 0 Å². The molecule has 12 heavy (non-hydrogen) atoms. The highest BCUT2D eigenvalue weighted by Gasteiger charge is 2.09. The summed E-state index contributed by atoms with van der Waals surface area (Å²) in [6, 6.07) is 0. The average Bonchev–Trinajstić information content (AvgIpc) is 1.85. The molecule has 0 aromatic rings. The van der Waals surface area contributed by atoms with Gasteiger partial charge < -0.3 is 4.90 Å². The van der Waals surface area contributed by atoms with Gasteiger partial charge >= 0.3 is 10.4 Å². The SMILES string of the molecule is CCOS(=O)(=O)OCCN(C)C. The van der Waals surface area contributed by atoms with Crippen LogP contribution in [0.25, 0.3) is 0 Å². The van der Waals surface area contributed by atoms with E-state index in [9.17, 15) is 8.42 Å². The molecule has 0 aliphatic carbocycles. The van der Waals surface area contributed by atoms with Crippen molar-refractivity contribution in [3.8, 4) is 0 Å². The number of nitrogens with zero attached hydrogens (tertiary/aromatic N) is 1. The van der Waals surface area contributed by atoms with Gasteiger partial charge in [0.2, 0.25) is 0 Å². The highest BCUT2D eigenvalue weighted by Crippen LogP contribution is 1.94. The molecule has 0 aliphatic rings. The first-order valence-corrected chi connectivity index (χ1v) is 5.00. The molecule has 0 aromatic carbocycles. The van der Waals surface area contributed by atoms with Gasteiger partial charge in [0, 0.05) is 6.54 Å². The summed E-state index contributed by atoms with van der Waals surface area (Å²) in [5, 5.41) is 0. The smallest absolute Gasteiger partial charge is 0.307 e. The van der Waals surface area contributed by atoms with Gasteiger partial charge in [-0.1, -0.05) is 0 Å². The standard InChI is InChI=1S/C6H15NO4S/c1-4-10-12(8,9)11-6-5-7(2)3/h4-6H2,1-3H3. The molecular formula is C6H15NO4S. The van der Waals surface area contributed by atoms with E-state index >= 15 is 0 Å². The third kappa shape index (κ3) is 6.53. The van der Waals surface area contributed by atoms with Crippen LogP contribution in [0.1, 0.15) is 6.92 Å². The van der Waals surface area contributed by atoms with Gasteiger partial charge in [0.1, 0.15) is 0 Å². The molecule has 0 aliphatic heterocycles. The zero-order valence-corrected chi connectivity index (χ0v) is 8.43. The second-order valence-corrected chi connectivity index (χ2v) is 3.73. The van der Waals surface area contributed by atoms with Crippen molar-refractivity contribution in [2.75, 3.05) is 33.9 Å². The fourth-order valence-electron chi connectivity index (χ4n) is 0.500. The number of likely N-dealkylation sites (N-methyl/N-ethyl adjacent to an activating group) is 1. The van der Waals surface area contributed by atoms with E-state index in [1.807, 2.05) is 19.0 Å². The van der Waals surface area contributed by atoms with E-state index in [4.69, 9.17) is 0 Å². The summed E-state index contributed by atoms with van der Waals surface area (Å²) in [4.78, 5) is 1.82. The Balaban J connectivity index is 3.62. The molecule has 0 rings (SSSR count). The molecule has 0 fully saturated rings. The topological polar surface area (TPSA) is 55.8 Å². The van der Waals surface area contributed by atoms with Crippen molar-refractivity contribution >= 4 is 10.4 Å². The van der Waals surface area contributed by atoms with Crippen molar-refractivity contribution < 1.29 is 16.8 Å². The molecule has 0 unspecified atom stereocenters. The second-order valence-electron chi connectivity index (χ2n) is 2.44. The van der Waals surface area contributed by atoms with Gasteiger partial charge in [0.15, 0.2) is 0 Å². The highest BCUT2D eigenvalue weighted by molar-refractivity contribution is 7.81. The van der Waals surface area contributed by atoms with E-state index < -0.39 is 10.4 Å². The molecule has 0 radical (unpaired) electrons. The van der Waals surface area contributed by atoms with Gasteiger partial charge in [-0.2, -0.15) is 8.42 Å². The van der Waals surface area contributed by atoms with Gasteiger partial charge in [-0.3, -0.25) is 0 Å². The Labute approximate surface area is 73.6 Å². The predicted molar refractivity (Wildman–Crippen MR) is 45.1 cm³/mol. The zero-order chi connectivity index (χ0) is 9.61. The van der Waals surface area contributed by atoms with Crippen molar-refractivity contribution in [2.24, 2.45) is 0 Å². The first-order valence-electron chi connectivity index (χ1n) is 3.66. The van der Waals surface area contributed by atoms with E-state index in [2.05, 4.69) is 8.37 Å². The third-order valence-corrected chi connectivity index (χ3v) is 2.01. The van der Waals surface area contributed by atoms with Gasteiger partial charge in [-0.05, 0) is 21.0 Å². The quantitative estimate of drug-likeness (QED) is 0.592.